The predicted molar refractivity (Wildman–Crippen MR) is 79.0 cm³/mol. The van der Waals surface area contributed by atoms with E-state index in [4.69, 9.17) is 4.74 Å². The highest BCUT2D eigenvalue weighted by molar-refractivity contribution is 5.41. The summed E-state index contributed by atoms with van der Waals surface area (Å²) in [6.45, 7) is 1.66. The molecule has 3 rings (SSSR count). The number of benzene rings is 2. The highest BCUT2D eigenvalue weighted by atomic mass is 16.5. The lowest BCUT2D eigenvalue weighted by molar-refractivity contribution is 0.00430. The molecule has 1 heterocycles. The molecule has 0 radical (unpaired) electrons. The van der Waals surface area contributed by atoms with Crippen LogP contribution < -0.4 is 10.1 Å². The van der Waals surface area contributed by atoms with Gasteiger partial charge in [0.1, 0.15) is 11.5 Å². The molecular weight excluding hydrogens is 250 g/mol. The van der Waals surface area contributed by atoms with Crippen molar-refractivity contribution in [2.24, 2.45) is 0 Å². The van der Waals surface area contributed by atoms with Crippen LogP contribution in [0.15, 0.2) is 54.6 Å². The van der Waals surface area contributed by atoms with Gasteiger partial charge in [0.25, 0.3) is 0 Å². The molecule has 0 atom stereocenters. The molecule has 0 saturated carbocycles. The Balaban J connectivity index is 1.92. The largest absolute Gasteiger partial charge is 0.457 e. The van der Waals surface area contributed by atoms with Gasteiger partial charge in [0.2, 0.25) is 0 Å². The molecule has 3 nitrogen and oxygen atoms in total. The van der Waals surface area contributed by atoms with Crippen LogP contribution in [0.25, 0.3) is 0 Å². The van der Waals surface area contributed by atoms with E-state index in [1.165, 1.54) is 0 Å². The lowest BCUT2D eigenvalue weighted by atomic mass is 9.84. The van der Waals surface area contributed by atoms with Crippen molar-refractivity contribution in [1.82, 2.24) is 5.32 Å². The van der Waals surface area contributed by atoms with Crippen LogP contribution in [0.4, 0.5) is 0 Å². The van der Waals surface area contributed by atoms with Gasteiger partial charge in [0.15, 0.2) is 0 Å². The molecule has 1 aliphatic heterocycles. The Morgan fingerprint density at radius 2 is 1.55 bits per heavy atom. The summed E-state index contributed by atoms with van der Waals surface area (Å²) in [5.74, 6) is 1.53. The predicted octanol–water partition coefficient (Wildman–Crippen LogP) is 3.05. The summed E-state index contributed by atoms with van der Waals surface area (Å²) in [6.07, 6.45) is 1.42. The van der Waals surface area contributed by atoms with Crippen LogP contribution in [0.3, 0.4) is 0 Å². The number of nitrogens with one attached hydrogen (secondary N) is 1. The monoisotopic (exact) mass is 269 g/mol. The minimum absolute atomic E-state index is 0.710. The third kappa shape index (κ3) is 2.69. The standard InChI is InChI=1S/C17H19NO2/c19-17(10-12-18-13-11-17)15-8-4-5-9-16(15)20-14-6-2-1-3-7-14/h1-9,18-19H,10-13H2. The molecule has 20 heavy (non-hydrogen) atoms. The van der Waals surface area contributed by atoms with Crippen molar-refractivity contribution in [1.29, 1.82) is 0 Å². The molecule has 2 N–H and O–H groups in total. The minimum Gasteiger partial charge on any atom is -0.457 e. The molecule has 1 fully saturated rings. The maximum Gasteiger partial charge on any atom is 0.133 e. The number of hydrogen-bond acceptors (Lipinski definition) is 3. The summed E-state index contributed by atoms with van der Waals surface area (Å²) in [7, 11) is 0. The molecular formula is C17H19NO2. The van der Waals surface area contributed by atoms with Gasteiger partial charge in [0.05, 0.1) is 5.60 Å². The Kier molecular flexibility index (Phi) is 3.72. The first-order valence-electron chi connectivity index (χ1n) is 7.03. The maximum absolute atomic E-state index is 10.9. The Hall–Kier alpha value is -1.84. The van der Waals surface area contributed by atoms with Gasteiger partial charge >= 0.3 is 0 Å². The number of piperidine rings is 1. The molecule has 0 bridgehead atoms. The average molecular weight is 269 g/mol. The van der Waals surface area contributed by atoms with Crippen molar-refractivity contribution in [3.8, 4) is 11.5 Å². The van der Waals surface area contributed by atoms with Gasteiger partial charge in [-0.25, -0.2) is 0 Å². The van der Waals surface area contributed by atoms with Crippen molar-refractivity contribution in [2.75, 3.05) is 13.1 Å². The van der Waals surface area contributed by atoms with Crippen molar-refractivity contribution >= 4 is 0 Å². The second kappa shape index (κ2) is 5.65. The molecule has 1 aliphatic rings. The van der Waals surface area contributed by atoms with Gasteiger partial charge in [-0.15, -0.1) is 0 Å². The number of rotatable bonds is 3. The fourth-order valence-corrected chi connectivity index (χ4v) is 2.67. The van der Waals surface area contributed by atoms with E-state index in [1.54, 1.807) is 0 Å². The summed E-state index contributed by atoms with van der Waals surface area (Å²) in [5, 5.41) is 14.2. The topological polar surface area (TPSA) is 41.5 Å². The van der Waals surface area contributed by atoms with Gasteiger partial charge in [-0.3, -0.25) is 0 Å². The van der Waals surface area contributed by atoms with Gasteiger partial charge in [-0.1, -0.05) is 36.4 Å². The van der Waals surface area contributed by atoms with E-state index < -0.39 is 5.60 Å². The van der Waals surface area contributed by atoms with Crippen LogP contribution in [0.5, 0.6) is 11.5 Å². The van der Waals surface area contributed by atoms with Gasteiger partial charge in [-0.2, -0.15) is 0 Å². The molecule has 0 amide bonds. The second-order valence-corrected chi connectivity index (χ2v) is 5.19. The third-order valence-electron chi connectivity index (χ3n) is 3.79. The summed E-state index contributed by atoms with van der Waals surface area (Å²) in [6, 6.07) is 17.4. The Labute approximate surface area is 119 Å². The van der Waals surface area contributed by atoms with E-state index in [2.05, 4.69) is 5.32 Å². The first kappa shape index (κ1) is 13.2. The highest BCUT2D eigenvalue weighted by Gasteiger charge is 2.33. The van der Waals surface area contributed by atoms with Crippen molar-refractivity contribution in [3.05, 3.63) is 60.2 Å². The fraction of sp³-hybridized carbons (Fsp3) is 0.294. The quantitative estimate of drug-likeness (QED) is 0.900. The number of para-hydroxylation sites is 2. The van der Waals surface area contributed by atoms with Gasteiger partial charge in [-0.05, 0) is 44.1 Å². The third-order valence-corrected chi connectivity index (χ3v) is 3.79. The van der Waals surface area contributed by atoms with Crippen molar-refractivity contribution in [3.63, 3.8) is 0 Å². The molecule has 3 heteroatoms. The normalized spacial score (nSPS) is 17.6. The fourth-order valence-electron chi connectivity index (χ4n) is 2.67. The molecule has 0 aliphatic carbocycles. The highest BCUT2D eigenvalue weighted by Crippen LogP contribution is 2.38. The summed E-state index contributed by atoms with van der Waals surface area (Å²) in [5.41, 5.74) is 0.0849. The van der Waals surface area contributed by atoms with Gasteiger partial charge in [0, 0.05) is 5.56 Å². The van der Waals surface area contributed by atoms with E-state index in [0.29, 0.717) is 12.8 Å². The first-order valence-corrected chi connectivity index (χ1v) is 7.03. The molecule has 2 aromatic rings. The van der Waals surface area contributed by atoms with E-state index in [0.717, 1.165) is 30.2 Å². The van der Waals surface area contributed by atoms with E-state index in [-0.39, 0.29) is 0 Å². The molecule has 104 valence electrons. The number of ether oxygens (including phenoxy) is 1. The number of hydrogen-bond donors (Lipinski definition) is 2. The smallest absolute Gasteiger partial charge is 0.133 e. The van der Waals surface area contributed by atoms with Crippen LogP contribution >= 0.6 is 0 Å². The van der Waals surface area contributed by atoms with Crippen LogP contribution in [0.2, 0.25) is 0 Å². The van der Waals surface area contributed by atoms with E-state index >= 15 is 0 Å². The minimum atomic E-state index is -0.795. The van der Waals surface area contributed by atoms with Crippen molar-refractivity contribution in [2.45, 2.75) is 18.4 Å². The van der Waals surface area contributed by atoms with E-state index in [9.17, 15) is 5.11 Å². The number of aliphatic hydroxyl groups is 1. The summed E-state index contributed by atoms with van der Waals surface area (Å²) >= 11 is 0. The summed E-state index contributed by atoms with van der Waals surface area (Å²) < 4.78 is 5.95. The average Bonchev–Trinajstić information content (AvgIpc) is 2.49. The SMILES string of the molecule is OC1(c2ccccc2Oc2ccccc2)CCNCC1. The molecule has 1 saturated heterocycles. The molecule has 2 aromatic carbocycles. The molecule has 0 spiro atoms. The van der Waals surface area contributed by atoms with Gasteiger partial charge < -0.3 is 15.2 Å². The summed E-state index contributed by atoms with van der Waals surface area (Å²) in [4.78, 5) is 0. The zero-order valence-electron chi connectivity index (χ0n) is 11.4. The molecule has 0 aromatic heterocycles. The van der Waals surface area contributed by atoms with Crippen LogP contribution in [-0.4, -0.2) is 18.2 Å². The second-order valence-electron chi connectivity index (χ2n) is 5.19. The molecule has 0 unspecified atom stereocenters. The van der Waals surface area contributed by atoms with Crippen LogP contribution in [0.1, 0.15) is 18.4 Å². The zero-order chi connectivity index (χ0) is 13.8. The Morgan fingerprint density at radius 3 is 2.30 bits per heavy atom. The first-order chi connectivity index (χ1) is 9.78. The lowest BCUT2D eigenvalue weighted by Crippen LogP contribution is -2.39. The maximum atomic E-state index is 10.9. The zero-order valence-corrected chi connectivity index (χ0v) is 11.4. The van der Waals surface area contributed by atoms with Crippen LogP contribution in [-0.2, 0) is 5.60 Å². The Morgan fingerprint density at radius 1 is 0.900 bits per heavy atom. The Bertz CT molecular complexity index is 562. The lowest BCUT2D eigenvalue weighted by Gasteiger charge is -2.34. The van der Waals surface area contributed by atoms with Crippen molar-refractivity contribution < 1.29 is 9.84 Å². The van der Waals surface area contributed by atoms with Crippen LogP contribution in [0, 0.1) is 0 Å². The van der Waals surface area contributed by atoms with E-state index in [1.807, 2.05) is 54.6 Å².